The maximum atomic E-state index is 13.9. The first-order valence-electron chi connectivity index (χ1n) is 13.0. The molecule has 0 unspecified atom stereocenters. The minimum absolute atomic E-state index is 0.0750. The van der Waals surface area contributed by atoms with E-state index in [1.54, 1.807) is 56.3 Å². The zero-order valence-corrected chi connectivity index (χ0v) is 24.3. The summed E-state index contributed by atoms with van der Waals surface area (Å²) >= 11 is 1.11. The minimum Gasteiger partial charge on any atom is -0.493 e. The fourth-order valence-electron chi connectivity index (χ4n) is 4.69. The van der Waals surface area contributed by atoms with E-state index in [-0.39, 0.29) is 33.9 Å². The second kappa shape index (κ2) is 11.9. The molecule has 43 heavy (non-hydrogen) atoms. The van der Waals surface area contributed by atoms with Crippen LogP contribution in [-0.4, -0.2) is 35.1 Å². The summed E-state index contributed by atoms with van der Waals surface area (Å²) in [6.07, 6.45) is 1.55. The largest absolute Gasteiger partial charge is 0.493 e. The molecule has 0 aliphatic carbocycles. The molecule has 0 saturated carbocycles. The first-order chi connectivity index (χ1) is 20.6. The summed E-state index contributed by atoms with van der Waals surface area (Å²) in [7, 11) is 1.41. The summed E-state index contributed by atoms with van der Waals surface area (Å²) in [6, 6.07) is 13.2. The fraction of sp³-hybridized carbons (Fsp3) is 0.200. The summed E-state index contributed by atoms with van der Waals surface area (Å²) in [5.74, 6) is -0.0100. The molecular formula is C30H25N3O9S. The summed E-state index contributed by atoms with van der Waals surface area (Å²) in [6.45, 7) is 4.73. The third-order valence-corrected chi connectivity index (χ3v) is 7.50. The predicted molar refractivity (Wildman–Crippen MR) is 156 cm³/mol. The Balaban J connectivity index is 1.63. The third kappa shape index (κ3) is 5.75. The van der Waals surface area contributed by atoms with Crippen LogP contribution in [0.1, 0.15) is 38.1 Å². The number of rotatable bonds is 8. The average molecular weight is 604 g/mol. The molecule has 4 aromatic rings. The molecule has 13 heteroatoms. The summed E-state index contributed by atoms with van der Waals surface area (Å²) in [5, 5.41) is 11.2. The highest BCUT2D eigenvalue weighted by Gasteiger charge is 2.34. The SMILES string of the molecule is CCOC(=O)C1=C(C)N=c2sc(=Cc3ccc(-c4cccc([N+](=O)[O-])c4)o3)c(=O)n2[C@H]1c1ccc(OC(C)=O)c(OC)c1. The van der Waals surface area contributed by atoms with Crippen molar-refractivity contribution >= 4 is 35.0 Å². The number of esters is 2. The van der Waals surface area contributed by atoms with Crippen molar-refractivity contribution in [3.8, 4) is 22.8 Å². The lowest BCUT2D eigenvalue weighted by Gasteiger charge is -2.25. The molecule has 220 valence electrons. The monoisotopic (exact) mass is 603 g/mol. The van der Waals surface area contributed by atoms with Crippen molar-refractivity contribution in [2.75, 3.05) is 13.7 Å². The molecule has 0 N–H and O–H groups in total. The number of non-ortho nitro benzene ring substituents is 1. The smallest absolute Gasteiger partial charge is 0.338 e. The second-order valence-electron chi connectivity index (χ2n) is 9.32. The zero-order valence-electron chi connectivity index (χ0n) is 23.5. The molecule has 3 heterocycles. The number of ether oxygens (including phenoxy) is 3. The summed E-state index contributed by atoms with van der Waals surface area (Å²) in [5.41, 5.74) is 1.06. The molecule has 0 bridgehead atoms. The van der Waals surface area contributed by atoms with Gasteiger partial charge in [0.2, 0.25) is 0 Å². The number of nitrogens with zero attached hydrogens (tertiary/aromatic N) is 3. The minimum atomic E-state index is -0.922. The highest BCUT2D eigenvalue weighted by molar-refractivity contribution is 7.07. The van der Waals surface area contributed by atoms with Crippen molar-refractivity contribution in [1.82, 2.24) is 4.57 Å². The Bertz CT molecular complexity index is 1980. The van der Waals surface area contributed by atoms with Crippen LogP contribution >= 0.6 is 11.3 Å². The molecule has 0 saturated heterocycles. The molecule has 0 radical (unpaired) electrons. The van der Waals surface area contributed by atoms with Crippen LogP contribution in [0.15, 0.2) is 80.1 Å². The van der Waals surface area contributed by atoms with Gasteiger partial charge in [0.15, 0.2) is 16.3 Å². The van der Waals surface area contributed by atoms with E-state index in [0.717, 1.165) is 11.3 Å². The Labute approximate surface area is 247 Å². The van der Waals surface area contributed by atoms with Gasteiger partial charge < -0.3 is 18.6 Å². The molecule has 0 amide bonds. The summed E-state index contributed by atoms with van der Waals surface area (Å²) < 4.78 is 23.6. The number of allylic oxidation sites excluding steroid dienone is 1. The van der Waals surface area contributed by atoms with E-state index in [2.05, 4.69) is 4.99 Å². The summed E-state index contributed by atoms with van der Waals surface area (Å²) in [4.78, 5) is 54.2. The number of hydrogen-bond donors (Lipinski definition) is 0. The van der Waals surface area contributed by atoms with Gasteiger partial charge in [0.25, 0.3) is 11.2 Å². The number of nitro benzene ring substituents is 1. The van der Waals surface area contributed by atoms with Crippen molar-refractivity contribution in [2.45, 2.75) is 26.8 Å². The van der Waals surface area contributed by atoms with Crippen molar-refractivity contribution in [3.05, 3.63) is 107 Å². The maximum Gasteiger partial charge on any atom is 0.338 e. The van der Waals surface area contributed by atoms with E-state index in [1.165, 1.54) is 36.8 Å². The van der Waals surface area contributed by atoms with Gasteiger partial charge in [0.1, 0.15) is 11.5 Å². The standard InChI is InChI=1S/C30H25N3O9S/c1-5-40-29(36)26-16(2)31-30-32(27(26)19-9-11-23(41-17(3)34)24(14-19)39-4)28(35)25(43-30)15-21-10-12-22(42-21)18-7-6-8-20(13-18)33(37)38/h6-15,27H,5H2,1-4H3/t27-/m0/s1. The number of methoxy groups -OCH3 is 1. The zero-order chi connectivity index (χ0) is 30.8. The Morgan fingerprint density at radius 1 is 1.16 bits per heavy atom. The molecule has 1 atom stereocenters. The van der Waals surface area contributed by atoms with Gasteiger partial charge in [-0.25, -0.2) is 9.79 Å². The predicted octanol–water partition coefficient (Wildman–Crippen LogP) is 3.90. The van der Waals surface area contributed by atoms with E-state index < -0.39 is 28.5 Å². The Hall–Kier alpha value is -5.30. The van der Waals surface area contributed by atoms with Crippen LogP contribution in [0.2, 0.25) is 0 Å². The number of thiazole rings is 1. The Kier molecular flexibility index (Phi) is 8.08. The fourth-order valence-corrected chi connectivity index (χ4v) is 5.71. The first-order valence-corrected chi connectivity index (χ1v) is 13.8. The lowest BCUT2D eigenvalue weighted by molar-refractivity contribution is -0.384. The lowest BCUT2D eigenvalue weighted by Crippen LogP contribution is -2.39. The Morgan fingerprint density at radius 3 is 2.65 bits per heavy atom. The van der Waals surface area contributed by atoms with E-state index in [1.807, 2.05) is 0 Å². The Morgan fingerprint density at radius 2 is 1.95 bits per heavy atom. The normalized spacial score (nSPS) is 14.6. The molecule has 12 nitrogen and oxygen atoms in total. The number of fused-ring (bicyclic) bond motifs is 1. The van der Waals surface area contributed by atoms with Gasteiger partial charge in [-0.3, -0.25) is 24.3 Å². The van der Waals surface area contributed by atoms with Crippen LogP contribution in [0, 0.1) is 10.1 Å². The first kappa shape index (κ1) is 29.2. The van der Waals surface area contributed by atoms with Gasteiger partial charge in [0, 0.05) is 30.7 Å². The van der Waals surface area contributed by atoms with Crippen LogP contribution in [0.3, 0.4) is 0 Å². The van der Waals surface area contributed by atoms with Gasteiger partial charge in [0.05, 0.1) is 40.5 Å². The molecular weight excluding hydrogens is 578 g/mol. The number of benzene rings is 2. The highest BCUT2D eigenvalue weighted by Crippen LogP contribution is 2.36. The number of furan rings is 1. The van der Waals surface area contributed by atoms with Crippen LogP contribution in [0.5, 0.6) is 11.5 Å². The molecule has 1 aliphatic heterocycles. The molecule has 5 rings (SSSR count). The van der Waals surface area contributed by atoms with Crippen molar-refractivity contribution in [1.29, 1.82) is 0 Å². The topological polar surface area (TPSA) is 152 Å². The van der Waals surface area contributed by atoms with Crippen LogP contribution in [0.25, 0.3) is 17.4 Å². The van der Waals surface area contributed by atoms with Crippen LogP contribution in [-0.2, 0) is 14.3 Å². The number of hydrogen-bond acceptors (Lipinski definition) is 11. The third-order valence-electron chi connectivity index (χ3n) is 6.52. The molecule has 0 spiro atoms. The van der Waals surface area contributed by atoms with Gasteiger partial charge in [-0.15, -0.1) is 0 Å². The number of carbonyl (C=O) groups is 2. The van der Waals surface area contributed by atoms with Gasteiger partial charge in [-0.1, -0.05) is 29.5 Å². The average Bonchev–Trinajstić information content (AvgIpc) is 3.56. The van der Waals surface area contributed by atoms with Crippen molar-refractivity contribution < 1.29 is 33.1 Å². The van der Waals surface area contributed by atoms with E-state index >= 15 is 0 Å². The number of aromatic nitrogens is 1. The van der Waals surface area contributed by atoms with E-state index in [4.69, 9.17) is 18.6 Å². The maximum absolute atomic E-state index is 13.9. The molecule has 1 aliphatic rings. The molecule has 2 aromatic carbocycles. The van der Waals surface area contributed by atoms with E-state index in [0.29, 0.717) is 33.1 Å². The molecule has 0 fully saturated rings. The highest BCUT2D eigenvalue weighted by atomic mass is 32.1. The number of carbonyl (C=O) groups excluding carboxylic acids is 2. The van der Waals surface area contributed by atoms with Gasteiger partial charge in [-0.05, 0) is 43.7 Å². The second-order valence-corrected chi connectivity index (χ2v) is 10.3. The van der Waals surface area contributed by atoms with Crippen molar-refractivity contribution in [2.24, 2.45) is 4.99 Å². The van der Waals surface area contributed by atoms with E-state index in [9.17, 15) is 24.5 Å². The van der Waals surface area contributed by atoms with Gasteiger partial charge in [-0.2, -0.15) is 0 Å². The van der Waals surface area contributed by atoms with Crippen molar-refractivity contribution in [3.63, 3.8) is 0 Å². The van der Waals surface area contributed by atoms with Crippen LogP contribution in [0.4, 0.5) is 5.69 Å². The lowest BCUT2D eigenvalue weighted by atomic mass is 9.95. The van der Waals surface area contributed by atoms with Crippen LogP contribution < -0.4 is 24.4 Å². The van der Waals surface area contributed by atoms with Gasteiger partial charge >= 0.3 is 11.9 Å². The quantitative estimate of drug-likeness (QED) is 0.126. The number of nitro groups is 1. The molecule has 2 aromatic heterocycles.